The van der Waals surface area contributed by atoms with E-state index in [0.717, 1.165) is 0 Å². The van der Waals surface area contributed by atoms with E-state index >= 15 is 0 Å². The zero-order valence-corrected chi connectivity index (χ0v) is 10.4. The lowest BCUT2D eigenvalue weighted by atomic mass is 10.1. The van der Waals surface area contributed by atoms with Gasteiger partial charge in [-0.2, -0.15) is 5.10 Å². The van der Waals surface area contributed by atoms with Gasteiger partial charge in [0.2, 0.25) is 0 Å². The van der Waals surface area contributed by atoms with Crippen molar-refractivity contribution in [3.8, 4) is 0 Å². The molecule has 2 unspecified atom stereocenters. The van der Waals surface area contributed by atoms with Crippen LogP contribution < -0.4 is 11.3 Å². The van der Waals surface area contributed by atoms with Gasteiger partial charge in [-0.05, 0) is 6.92 Å². The lowest BCUT2D eigenvalue weighted by Crippen LogP contribution is -2.47. The first-order chi connectivity index (χ1) is 7.36. The van der Waals surface area contributed by atoms with Crippen LogP contribution in [0.1, 0.15) is 12.7 Å². The summed E-state index contributed by atoms with van der Waals surface area (Å²) in [7, 11) is -1.38. The second-order valence-electron chi connectivity index (χ2n) is 3.81. The quantitative estimate of drug-likeness (QED) is 0.491. The fraction of sp³-hybridized carbons (Fsp3) is 0.750. The number of hydrazine groups is 1. The number of nitrogens with one attached hydrogen (secondary N) is 1. The number of aromatic nitrogens is 3. The van der Waals surface area contributed by atoms with Crippen LogP contribution in [0, 0.1) is 0 Å². The zero-order chi connectivity index (χ0) is 12.3. The lowest BCUT2D eigenvalue weighted by molar-refractivity contribution is 0.477. The molecule has 92 valence electrons. The number of sulfone groups is 1. The molecule has 7 nitrogen and oxygen atoms in total. The highest BCUT2D eigenvalue weighted by Gasteiger charge is 2.26. The predicted molar refractivity (Wildman–Crippen MR) is 60.1 cm³/mol. The molecule has 0 aromatic carbocycles. The number of nitrogens with zero attached hydrogens (tertiary/aromatic N) is 3. The van der Waals surface area contributed by atoms with Crippen LogP contribution in [0.4, 0.5) is 0 Å². The Morgan fingerprint density at radius 2 is 2.25 bits per heavy atom. The Morgan fingerprint density at radius 1 is 1.62 bits per heavy atom. The molecule has 0 spiro atoms. The van der Waals surface area contributed by atoms with E-state index in [1.165, 1.54) is 12.6 Å². The summed E-state index contributed by atoms with van der Waals surface area (Å²) in [5, 5.41) is 3.34. The van der Waals surface area contributed by atoms with Crippen molar-refractivity contribution in [2.45, 2.75) is 24.6 Å². The van der Waals surface area contributed by atoms with E-state index < -0.39 is 15.1 Å². The molecule has 0 saturated heterocycles. The average molecular weight is 247 g/mol. The van der Waals surface area contributed by atoms with Gasteiger partial charge in [0.25, 0.3) is 0 Å². The molecule has 8 heteroatoms. The maximum absolute atomic E-state index is 11.4. The van der Waals surface area contributed by atoms with Gasteiger partial charge >= 0.3 is 0 Å². The second-order valence-corrected chi connectivity index (χ2v) is 6.21. The highest BCUT2D eigenvalue weighted by Crippen LogP contribution is 2.08. The van der Waals surface area contributed by atoms with Crippen molar-refractivity contribution < 1.29 is 8.42 Å². The minimum absolute atomic E-state index is 0.377. The van der Waals surface area contributed by atoms with Gasteiger partial charge < -0.3 is 0 Å². The molecule has 2 atom stereocenters. The highest BCUT2D eigenvalue weighted by atomic mass is 32.2. The van der Waals surface area contributed by atoms with Crippen molar-refractivity contribution >= 4 is 9.84 Å². The van der Waals surface area contributed by atoms with Crippen molar-refractivity contribution in [3.05, 3.63) is 12.2 Å². The summed E-state index contributed by atoms with van der Waals surface area (Å²) in [6.07, 6.45) is 3.04. The summed E-state index contributed by atoms with van der Waals surface area (Å²) in [6, 6.07) is -0.377. The lowest BCUT2D eigenvalue weighted by Gasteiger charge is -2.21. The minimum atomic E-state index is -3.13. The van der Waals surface area contributed by atoms with Crippen molar-refractivity contribution in [1.82, 2.24) is 20.2 Å². The molecule has 1 rings (SSSR count). The first kappa shape index (κ1) is 13.1. The van der Waals surface area contributed by atoms with Gasteiger partial charge in [0.15, 0.2) is 9.84 Å². The van der Waals surface area contributed by atoms with Gasteiger partial charge in [0.1, 0.15) is 12.2 Å². The number of aryl methyl sites for hydroxylation is 1. The second kappa shape index (κ2) is 4.89. The Labute approximate surface area is 94.9 Å². The summed E-state index contributed by atoms with van der Waals surface area (Å²) in [5.74, 6) is 6.06. The van der Waals surface area contributed by atoms with Gasteiger partial charge in [-0.15, -0.1) is 0 Å². The van der Waals surface area contributed by atoms with Crippen molar-refractivity contribution in [1.29, 1.82) is 0 Å². The van der Waals surface area contributed by atoms with E-state index in [2.05, 4.69) is 15.5 Å². The summed E-state index contributed by atoms with van der Waals surface area (Å²) in [6.45, 7) is 1.62. The molecule has 0 aliphatic carbocycles. The number of hydrogen-bond donors (Lipinski definition) is 2. The maximum Gasteiger partial charge on any atom is 0.151 e. The maximum atomic E-state index is 11.4. The van der Waals surface area contributed by atoms with E-state index in [1.807, 2.05) is 0 Å². The Hall–Kier alpha value is -0.990. The van der Waals surface area contributed by atoms with Crippen LogP contribution in [-0.2, 0) is 23.3 Å². The largest absolute Gasteiger partial charge is 0.271 e. The standard InChI is InChI=1S/C8H17N5O2S/c1-6(16(3,14)15)7(12-9)4-8-10-5-11-13(8)2/h5-7,12H,4,9H2,1-3H3. The summed E-state index contributed by atoms with van der Waals surface area (Å²) >= 11 is 0. The number of hydrogen-bond acceptors (Lipinski definition) is 6. The molecule has 3 N–H and O–H groups in total. The Balaban J connectivity index is 2.81. The van der Waals surface area contributed by atoms with Crippen LogP contribution >= 0.6 is 0 Å². The molecule has 1 heterocycles. The van der Waals surface area contributed by atoms with Crippen LogP contribution in [0.3, 0.4) is 0 Å². The molecule has 0 aliphatic rings. The van der Waals surface area contributed by atoms with E-state index in [0.29, 0.717) is 12.2 Å². The molecule has 0 fully saturated rings. The molecule has 0 aliphatic heterocycles. The molecule has 0 saturated carbocycles. The van der Waals surface area contributed by atoms with Crippen molar-refractivity contribution in [2.75, 3.05) is 6.26 Å². The van der Waals surface area contributed by atoms with E-state index in [-0.39, 0.29) is 6.04 Å². The third-order valence-corrected chi connectivity index (χ3v) is 4.34. The third-order valence-electron chi connectivity index (χ3n) is 2.66. The fourth-order valence-corrected chi connectivity index (χ4v) is 2.13. The SMILES string of the molecule is CC(C(Cc1ncnn1C)NN)S(C)(=O)=O. The molecule has 16 heavy (non-hydrogen) atoms. The zero-order valence-electron chi connectivity index (χ0n) is 9.58. The van der Waals surface area contributed by atoms with Gasteiger partial charge in [-0.25, -0.2) is 13.4 Å². The Kier molecular flexibility index (Phi) is 4.00. The van der Waals surface area contributed by atoms with E-state index in [9.17, 15) is 8.42 Å². The normalized spacial score (nSPS) is 16.0. The number of rotatable bonds is 5. The monoisotopic (exact) mass is 247 g/mol. The van der Waals surface area contributed by atoms with Gasteiger partial charge in [-0.1, -0.05) is 0 Å². The van der Waals surface area contributed by atoms with E-state index in [1.54, 1.807) is 18.7 Å². The first-order valence-electron chi connectivity index (χ1n) is 4.84. The van der Waals surface area contributed by atoms with Crippen molar-refractivity contribution in [2.24, 2.45) is 12.9 Å². The molecule has 1 aromatic heterocycles. The van der Waals surface area contributed by atoms with Crippen LogP contribution in [0.2, 0.25) is 0 Å². The molecule has 0 radical (unpaired) electrons. The van der Waals surface area contributed by atoms with Crippen LogP contribution in [0.25, 0.3) is 0 Å². The molecule has 1 aromatic rings. The molecule has 0 bridgehead atoms. The van der Waals surface area contributed by atoms with Gasteiger partial charge in [0.05, 0.1) is 5.25 Å². The van der Waals surface area contributed by atoms with Gasteiger partial charge in [0, 0.05) is 25.8 Å². The highest BCUT2D eigenvalue weighted by molar-refractivity contribution is 7.91. The first-order valence-corrected chi connectivity index (χ1v) is 6.79. The fourth-order valence-electron chi connectivity index (χ4n) is 1.36. The number of nitrogens with two attached hydrogens (primary N) is 1. The van der Waals surface area contributed by atoms with Crippen LogP contribution in [0.15, 0.2) is 6.33 Å². The Bertz CT molecular complexity index is 441. The molecular weight excluding hydrogens is 230 g/mol. The van der Waals surface area contributed by atoms with E-state index in [4.69, 9.17) is 5.84 Å². The summed E-state index contributed by atoms with van der Waals surface area (Å²) < 4.78 is 24.4. The smallest absolute Gasteiger partial charge is 0.151 e. The molecular formula is C8H17N5O2S. The van der Waals surface area contributed by atoms with Crippen molar-refractivity contribution in [3.63, 3.8) is 0 Å². The third kappa shape index (κ3) is 3.00. The predicted octanol–water partition coefficient (Wildman–Crippen LogP) is -1.38. The summed E-state index contributed by atoms with van der Waals surface area (Å²) in [4.78, 5) is 4.03. The summed E-state index contributed by atoms with van der Waals surface area (Å²) in [5.41, 5.74) is 2.51. The average Bonchev–Trinajstić information content (AvgIpc) is 2.58. The minimum Gasteiger partial charge on any atom is -0.271 e. The van der Waals surface area contributed by atoms with Crippen LogP contribution in [-0.4, -0.2) is 40.7 Å². The molecule has 0 amide bonds. The topological polar surface area (TPSA) is 103 Å². The Morgan fingerprint density at radius 3 is 2.62 bits per heavy atom. The van der Waals surface area contributed by atoms with Crippen LogP contribution in [0.5, 0.6) is 0 Å². The van der Waals surface area contributed by atoms with Gasteiger partial charge in [-0.3, -0.25) is 16.0 Å².